The summed E-state index contributed by atoms with van der Waals surface area (Å²) in [5.41, 5.74) is 6.62. The normalized spacial score (nSPS) is 12.1. The van der Waals surface area contributed by atoms with E-state index in [0.29, 0.717) is 22.2 Å². The quantitative estimate of drug-likeness (QED) is 0.601. The van der Waals surface area contributed by atoms with Crippen LogP contribution in [-0.4, -0.2) is 21.6 Å². The number of nitrogens with one attached hydrogen (secondary N) is 1. The minimum absolute atomic E-state index is 0.00573. The van der Waals surface area contributed by atoms with Gasteiger partial charge in [-0.15, -0.1) is 0 Å². The van der Waals surface area contributed by atoms with Crippen molar-refractivity contribution in [3.63, 3.8) is 0 Å². The van der Waals surface area contributed by atoms with Crippen LogP contribution in [0.1, 0.15) is 26.2 Å². The van der Waals surface area contributed by atoms with E-state index in [-0.39, 0.29) is 11.7 Å². The van der Waals surface area contributed by atoms with Gasteiger partial charge in [0.25, 0.3) is 0 Å². The van der Waals surface area contributed by atoms with E-state index in [4.69, 9.17) is 17.3 Å². The monoisotopic (exact) mass is 302 g/mol. The average molecular weight is 303 g/mol. The van der Waals surface area contributed by atoms with Gasteiger partial charge in [-0.05, 0) is 24.6 Å². The molecule has 1 amide bonds. The van der Waals surface area contributed by atoms with Gasteiger partial charge in [0, 0.05) is 21.6 Å². The number of benzene rings is 1. The number of carbonyl (C=O) groups is 1. The maximum atomic E-state index is 11.7. The van der Waals surface area contributed by atoms with Crippen LogP contribution in [0.15, 0.2) is 18.2 Å². The summed E-state index contributed by atoms with van der Waals surface area (Å²) in [6, 6.07) is 4.84. The average Bonchev–Trinajstić information content (AvgIpc) is 2.33. The summed E-state index contributed by atoms with van der Waals surface area (Å²) in [6.07, 6.45) is 3.00. The van der Waals surface area contributed by atoms with Gasteiger partial charge in [-0.2, -0.15) is 0 Å². The molecule has 1 aromatic carbocycles. The number of halogens is 1. The minimum atomic E-state index is -1.12. The Hall–Kier alpha value is -1.07. The van der Waals surface area contributed by atoms with Crippen molar-refractivity contribution in [1.29, 1.82) is 0 Å². The second-order valence-corrected chi connectivity index (χ2v) is 6.29. The third-order valence-corrected chi connectivity index (χ3v) is 4.12. The van der Waals surface area contributed by atoms with Gasteiger partial charge in [-0.3, -0.25) is 9.00 Å². The molecule has 19 heavy (non-hydrogen) atoms. The second kappa shape index (κ2) is 8.17. The largest absolute Gasteiger partial charge is 0.397 e. The highest BCUT2D eigenvalue weighted by molar-refractivity contribution is 7.85. The van der Waals surface area contributed by atoms with Crippen LogP contribution in [0.4, 0.5) is 11.4 Å². The molecule has 0 spiro atoms. The SMILES string of the molecule is CCCCCS(=O)CC(=O)Nc1ccc(Cl)cc1N. The molecule has 0 saturated heterocycles. The zero-order valence-electron chi connectivity index (χ0n) is 10.9. The van der Waals surface area contributed by atoms with E-state index in [1.807, 2.05) is 0 Å². The van der Waals surface area contributed by atoms with Gasteiger partial charge in [0.1, 0.15) is 5.75 Å². The highest BCUT2D eigenvalue weighted by Crippen LogP contribution is 2.22. The Bertz CT molecular complexity index is 466. The molecule has 0 aromatic heterocycles. The molecular weight excluding hydrogens is 284 g/mol. The van der Waals surface area contributed by atoms with Gasteiger partial charge in [0.15, 0.2) is 0 Å². The van der Waals surface area contributed by atoms with Crippen LogP contribution in [0.5, 0.6) is 0 Å². The van der Waals surface area contributed by atoms with E-state index in [1.54, 1.807) is 18.2 Å². The van der Waals surface area contributed by atoms with Crippen LogP contribution >= 0.6 is 11.6 Å². The molecule has 0 radical (unpaired) electrons. The zero-order valence-corrected chi connectivity index (χ0v) is 12.5. The number of nitrogens with two attached hydrogens (primary N) is 1. The standard InChI is InChI=1S/C13H19ClN2O2S/c1-2-3-4-7-19(18)9-13(17)16-12-6-5-10(14)8-11(12)15/h5-6,8H,2-4,7,9,15H2,1H3,(H,16,17). The minimum Gasteiger partial charge on any atom is -0.397 e. The van der Waals surface area contributed by atoms with E-state index >= 15 is 0 Å². The summed E-state index contributed by atoms with van der Waals surface area (Å²) in [5.74, 6) is 0.284. The Balaban J connectivity index is 2.44. The van der Waals surface area contributed by atoms with Gasteiger partial charge < -0.3 is 11.1 Å². The summed E-state index contributed by atoms with van der Waals surface area (Å²) in [7, 11) is -1.12. The van der Waals surface area contributed by atoms with E-state index in [1.165, 1.54) is 0 Å². The zero-order chi connectivity index (χ0) is 14.3. The molecule has 0 bridgehead atoms. The molecule has 0 aliphatic heterocycles. The second-order valence-electron chi connectivity index (χ2n) is 4.28. The molecule has 4 nitrogen and oxygen atoms in total. The lowest BCUT2D eigenvalue weighted by molar-refractivity contribution is -0.113. The predicted octanol–water partition coefficient (Wildman–Crippen LogP) is 2.80. The number of amides is 1. The first kappa shape index (κ1) is 16.0. The summed E-state index contributed by atoms with van der Waals surface area (Å²) in [4.78, 5) is 11.7. The molecule has 1 unspecified atom stereocenters. The van der Waals surface area contributed by atoms with Crippen molar-refractivity contribution >= 4 is 39.7 Å². The van der Waals surface area contributed by atoms with Gasteiger partial charge >= 0.3 is 0 Å². The van der Waals surface area contributed by atoms with Crippen LogP contribution < -0.4 is 11.1 Å². The molecule has 0 aliphatic rings. The first-order chi connectivity index (χ1) is 9.02. The summed E-state index contributed by atoms with van der Waals surface area (Å²) >= 11 is 5.77. The lowest BCUT2D eigenvalue weighted by Gasteiger charge is -2.08. The van der Waals surface area contributed by atoms with Crippen molar-refractivity contribution in [2.75, 3.05) is 22.6 Å². The van der Waals surface area contributed by atoms with Gasteiger partial charge in [-0.1, -0.05) is 31.4 Å². The van der Waals surface area contributed by atoms with Crippen LogP contribution in [-0.2, 0) is 15.6 Å². The molecule has 3 N–H and O–H groups in total. The van der Waals surface area contributed by atoms with Crippen molar-refractivity contribution in [1.82, 2.24) is 0 Å². The highest BCUT2D eigenvalue weighted by atomic mass is 35.5. The van der Waals surface area contributed by atoms with Crippen molar-refractivity contribution in [3.8, 4) is 0 Å². The summed E-state index contributed by atoms with van der Waals surface area (Å²) < 4.78 is 11.7. The fourth-order valence-corrected chi connectivity index (χ4v) is 2.78. The first-order valence-electron chi connectivity index (χ1n) is 6.22. The smallest absolute Gasteiger partial charge is 0.237 e. The molecule has 0 aliphatic carbocycles. The number of hydrogen-bond acceptors (Lipinski definition) is 3. The number of anilines is 2. The van der Waals surface area contributed by atoms with Crippen molar-refractivity contribution in [2.45, 2.75) is 26.2 Å². The lowest BCUT2D eigenvalue weighted by atomic mass is 10.2. The van der Waals surface area contributed by atoms with E-state index in [9.17, 15) is 9.00 Å². The maximum Gasteiger partial charge on any atom is 0.237 e. The van der Waals surface area contributed by atoms with E-state index < -0.39 is 10.8 Å². The van der Waals surface area contributed by atoms with Gasteiger partial charge in [-0.25, -0.2) is 0 Å². The molecule has 1 aromatic rings. The molecule has 6 heteroatoms. The van der Waals surface area contributed by atoms with Crippen LogP contribution in [0.25, 0.3) is 0 Å². The van der Waals surface area contributed by atoms with Crippen molar-refractivity contribution < 1.29 is 9.00 Å². The van der Waals surface area contributed by atoms with Crippen LogP contribution in [0, 0.1) is 0 Å². The third-order valence-electron chi connectivity index (χ3n) is 2.56. The Morgan fingerprint density at radius 2 is 2.16 bits per heavy atom. The van der Waals surface area contributed by atoms with Crippen LogP contribution in [0.2, 0.25) is 5.02 Å². The fourth-order valence-electron chi connectivity index (χ4n) is 1.57. The summed E-state index contributed by atoms with van der Waals surface area (Å²) in [5, 5.41) is 3.16. The topological polar surface area (TPSA) is 72.2 Å². The third kappa shape index (κ3) is 6.07. The predicted molar refractivity (Wildman–Crippen MR) is 81.9 cm³/mol. The molecule has 1 rings (SSSR count). The number of nitrogen functional groups attached to an aromatic ring is 1. The number of hydrogen-bond donors (Lipinski definition) is 2. The first-order valence-corrected chi connectivity index (χ1v) is 8.09. The molecule has 0 saturated carbocycles. The fraction of sp³-hybridized carbons (Fsp3) is 0.462. The molecule has 1 atom stereocenters. The Morgan fingerprint density at radius 1 is 1.42 bits per heavy atom. The number of unbranched alkanes of at least 4 members (excludes halogenated alkanes) is 2. The Morgan fingerprint density at radius 3 is 2.79 bits per heavy atom. The van der Waals surface area contributed by atoms with Crippen LogP contribution in [0.3, 0.4) is 0 Å². The molecule has 106 valence electrons. The number of carbonyl (C=O) groups excluding carboxylic acids is 1. The lowest BCUT2D eigenvalue weighted by Crippen LogP contribution is -2.21. The Labute approximate surface area is 121 Å². The molecule has 0 fully saturated rings. The van der Waals surface area contributed by atoms with Crippen molar-refractivity contribution in [2.24, 2.45) is 0 Å². The number of rotatable bonds is 7. The molecule has 0 heterocycles. The molecular formula is C13H19ClN2O2S. The van der Waals surface area contributed by atoms with E-state index in [0.717, 1.165) is 19.3 Å². The highest BCUT2D eigenvalue weighted by Gasteiger charge is 2.09. The van der Waals surface area contributed by atoms with Gasteiger partial charge in [0.05, 0.1) is 11.4 Å². The maximum absolute atomic E-state index is 11.7. The van der Waals surface area contributed by atoms with Gasteiger partial charge in [0.2, 0.25) is 5.91 Å². The Kier molecular flexibility index (Phi) is 6.87. The van der Waals surface area contributed by atoms with E-state index in [2.05, 4.69) is 12.2 Å². The summed E-state index contributed by atoms with van der Waals surface area (Å²) in [6.45, 7) is 2.08. The van der Waals surface area contributed by atoms with Crippen molar-refractivity contribution in [3.05, 3.63) is 23.2 Å².